The Hall–Kier alpha value is -1.48. The fourth-order valence-corrected chi connectivity index (χ4v) is 3.60. The van der Waals surface area contributed by atoms with Crippen molar-refractivity contribution in [1.82, 2.24) is 10.2 Å². The van der Waals surface area contributed by atoms with Crippen molar-refractivity contribution in [1.29, 1.82) is 0 Å². The Morgan fingerprint density at radius 3 is 2.89 bits per heavy atom. The summed E-state index contributed by atoms with van der Waals surface area (Å²) < 4.78 is 0. The number of hydrogen-bond acceptors (Lipinski definition) is 2. The van der Waals surface area contributed by atoms with Gasteiger partial charge in [-0.3, -0.25) is 9.69 Å². The third-order valence-corrected chi connectivity index (χ3v) is 4.57. The molecule has 100 valence electrons. The van der Waals surface area contributed by atoms with Crippen LogP contribution in [0.2, 0.25) is 0 Å². The van der Waals surface area contributed by atoms with E-state index in [1.54, 1.807) is 0 Å². The van der Waals surface area contributed by atoms with Gasteiger partial charge in [-0.1, -0.05) is 12.8 Å². The lowest BCUT2D eigenvalue weighted by atomic mass is 9.77. The van der Waals surface area contributed by atoms with E-state index in [1.807, 2.05) is 18.4 Å². The Bertz CT molecular complexity index is 481. The summed E-state index contributed by atoms with van der Waals surface area (Å²) in [6.45, 7) is 5.56. The van der Waals surface area contributed by atoms with Crippen LogP contribution in [0.15, 0.2) is 35.6 Å². The second kappa shape index (κ2) is 4.57. The highest BCUT2D eigenvalue weighted by molar-refractivity contribution is 5.95. The van der Waals surface area contributed by atoms with Gasteiger partial charge in [-0.05, 0) is 26.5 Å². The van der Waals surface area contributed by atoms with Crippen LogP contribution in [0.3, 0.4) is 0 Å². The van der Waals surface area contributed by atoms with E-state index in [1.165, 1.54) is 5.57 Å². The second-order valence-corrected chi connectivity index (χ2v) is 5.70. The Morgan fingerprint density at radius 2 is 2.21 bits per heavy atom. The molecule has 0 bridgehead atoms. The minimum atomic E-state index is -0.225. The van der Waals surface area contributed by atoms with Crippen molar-refractivity contribution in [2.45, 2.75) is 25.7 Å². The molecule has 1 amide bonds. The first-order valence-electron chi connectivity index (χ1n) is 7.12. The molecule has 1 spiro atoms. The van der Waals surface area contributed by atoms with Gasteiger partial charge in [0, 0.05) is 25.6 Å². The maximum Gasteiger partial charge on any atom is 0.248 e. The molecule has 1 saturated carbocycles. The highest BCUT2D eigenvalue weighted by Gasteiger charge is 2.57. The number of fused-ring (bicyclic) bond motifs is 2. The van der Waals surface area contributed by atoms with E-state index in [-0.39, 0.29) is 5.41 Å². The van der Waals surface area contributed by atoms with Gasteiger partial charge in [-0.15, -0.1) is 0 Å². The van der Waals surface area contributed by atoms with Crippen molar-refractivity contribution in [3.05, 3.63) is 42.0 Å². The molecule has 1 N–H and O–H groups in total. The summed E-state index contributed by atoms with van der Waals surface area (Å²) in [6, 6.07) is 0. The summed E-state index contributed by atoms with van der Waals surface area (Å²) in [5.74, 6) is 0.306. The van der Waals surface area contributed by atoms with Crippen molar-refractivity contribution in [2.75, 3.05) is 20.1 Å². The van der Waals surface area contributed by atoms with Crippen LogP contribution in [0.1, 0.15) is 25.7 Å². The molecule has 3 rings (SSSR count). The lowest BCUT2D eigenvalue weighted by Gasteiger charge is -2.20. The predicted molar refractivity (Wildman–Crippen MR) is 76.1 cm³/mol. The molecule has 1 saturated heterocycles. The molecule has 19 heavy (non-hydrogen) atoms. The molecular weight excluding hydrogens is 236 g/mol. The third-order valence-electron chi connectivity index (χ3n) is 4.57. The number of likely N-dealkylation sites (N-methyl/N-ethyl adjacent to an activating group) is 1. The number of rotatable bonds is 3. The first-order valence-corrected chi connectivity index (χ1v) is 7.12. The van der Waals surface area contributed by atoms with Gasteiger partial charge in [0.05, 0.1) is 17.2 Å². The molecule has 1 aliphatic heterocycles. The zero-order valence-corrected chi connectivity index (χ0v) is 11.5. The van der Waals surface area contributed by atoms with E-state index in [2.05, 4.69) is 24.0 Å². The molecule has 1 heterocycles. The van der Waals surface area contributed by atoms with Gasteiger partial charge >= 0.3 is 0 Å². The van der Waals surface area contributed by atoms with E-state index < -0.39 is 0 Å². The molecule has 3 heteroatoms. The molecule has 2 aliphatic carbocycles. The Morgan fingerprint density at radius 1 is 1.47 bits per heavy atom. The van der Waals surface area contributed by atoms with Crippen molar-refractivity contribution in [2.24, 2.45) is 5.41 Å². The van der Waals surface area contributed by atoms with Gasteiger partial charge in [0.1, 0.15) is 11.1 Å². The Kier molecular flexibility index (Phi) is 3.02. The first kappa shape index (κ1) is 12.5. The van der Waals surface area contributed by atoms with Crippen molar-refractivity contribution in [3.63, 3.8) is 0 Å². The number of likely N-dealkylation sites (tertiary alicyclic amines) is 1. The van der Waals surface area contributed by atoms with Crippen LogP contribution in [-0.2, 0) is 4.79 Å². The number of carbonyl (C=O) groups is 1. The smallest absolute Gasteiger partial charge is 0.248 e. The maximum absolute atomic E-state index is 12.9. The van der Waals surface area contributed by atoms with Crippen molar-refractivity contribution >= 4 is 5.91 Å². The molecule has 0 unspecified atom stereocenters. The fraction of sp³-hybridized carbons (Fsp3) is 0.500. The van der Waals surface area contributed by atoms with Gasteiger partial charge in [0.25, 0.3) is 0 Å². The summed E-state index contributed by atoms with van der Waals surface area (Å²) in [5, 5.41) is 3.13. The minimum absolute atomic E-state index is 0.225. The summed E-state index contributed by atoms with van der Waals surface area (Å²) >= 11 is 0. The third kappa shape index (κ3) is 1.76. The molecule has 3 aliphatic rings. The van der Waals surface area contributed by atoms with Crippen LogP contribution < -0.4 is 5.32 Å². The zero-order chi connectivity index (χ0) is 13.5. The molecule has 3 nitrogen and oxygen atoms in total. The normalized spacial score (nSPS) is 24.4. The van der Waals surface area contributed by atoms with Gasteiger partial charge in [0.2, 0.25) is 5.91 Å². The summed E-state index contributed by atoms with van der Waals surface area (Å²) in [4.78, 5) is 14.8. The van der Waals surface area contributed by atoms with E-state index in [9.17, 15) is 4.79 Å². The molecule has 0 aromatic rings. The van der Waals surface area contributed by atoms with Crippen LogP contribution in [0.5, 0.6) is 0 Å². The molecule has 0 aromatic carbocycles. The Labute approximate surface area is 115 Å². The average molecular weight is 257 g/mol. The summed E-state index contributed by atoms with van der Waals surface area (Å²) in [6.07, 6.45) is 10.6. The highest BCUT2D eigenvalue weighted by Crippen LogP contribution is 2.54. The molecule has 0 radical (unpaired) electrons. The van der Waals surface area contributed by atoms with E-state index in [0.29, 0.717) is 5.91 Å². The molecule has 2 fully saturated rings. The van der Waals surface area contributed by atoms with Gasteiger partial charge in [0.15, 0.2) is 0 Å². The lowest BCUT2D eigenvalue weighted by Crippen LogP contribution is -2.36. The predicted octanol–water partition coefficient (Wildman–Crippen LogP) is 2.19. The zero-order valence-electron chi connectivity index (χ0n) is 11.5. The molecule has 0 atom stereocenters. The van der Waals surface area contributed by atoms with E-state index in [0.717, 1.165) is 50.0 Å². The van der Waals surface area contributed by atoms with Gasteiger partial charge in [-0.25, -0.2) is 0 Å². The number of nitrogens with zero attached hydrogens (tertiary/aromatic N) is 1. The molecular formula is C16H21N2O+. The average Bonchev–Trinajstić information content (AvgIpc) is 2.96. The van der Waals surface area contributed by atoms with E-state index >= 15 is 0 Å². The topological polar surface area (TPSA) is 32.3 Å². The fourth-order valence-electron chi connectivity index (χ4n) is 3.60. The minimum Gasteiger partial charge on any atom is -0.318 e. The molecule has 0 aromatic heterocycles. The standard InChI is InChI=1S/C16H21N2O/c1-12-5-6-13-14(11-12)18(10-9-17-2)15(19)16(13)7-3-4-8-16/h5-6,11,17H,1,3-4,7-10H2,2H3/q+1. The SMILES string of the molecule is C=C1C=C2C(=C[CH+]1)C1(CCCC1)C(=O)N2CCNC. The van der Waals surface area contributed by atoms with Crippen LogP contribution in [-0.4, -0.2) is 30.9 Å². The van der Waals surface area contributed by atoms with Crippen molar-refractivity contribution < 1.29 is 4.79 Å². The van der Waals surface area contributed by atoms with Crippen LogP contribution in [0.25, 0.3) is 0 Å². The largest absolute Gasteiger partial charge is 0.318 e. The number of carbonyl (C=O) groups excluding carboxylic acids is 1. The van der Waals surface area contributed by atoms with Crippen molar-refractivity contribution in [3.8, 4) is 0 Å². The van der Waals surface area contributed by atoms with E-state index in [4.69, 9.17) is 0 Å². The number of hydrogen-bond donors (Lipinski definition) is 1. The quantitative estimate of drug-likeness (QED) is 0.786. The van der Waals surface area contributed by atoms with Crippen LogP contribution in [0, 0.1) is 11.8 Å². The summed E-state index contributed by atoms with van der Waals surface area (Å²) in [5.41, 5.74) is 3.08. The summed E-state index contributed by atoms with van der Waals surface area (Å²) in [7, 11) is 1.92. The second-order valence-electron chi connectivity index (χ2n) is 5.70. The number of amides is 1. The maximum atomic E-state index is 12.9. The van der Waals surface area contributed by atoms with Gasteiger partial charge in [-0.2, -0.15) is 0 Å². The van der Waals surface area contributed by atoms with Gasteiger partial charge < -0.3 is 5.32 Å². The first-order chi connectivity index (χ1) is 9.19. The van der Waals surface area contributed by atoms with Crippen LogP contribution >= 0.6 is 0 Å². The Balaban J connectivity index is 2.00. The number of allylic oxidation sites excluding steroid dienone is 4. The number of nitrogens with one attached hydrogen (secondary N) is 1. The lowest BCUT2D eigenvalue weighted by molar-refractivity contribution is -0.134. The highest BCUT2D eigenvalue weighted by atomic mass is 16.2. The monoisotopic (exact) mass is 257 g/mol. The van der Waals surface area contributed by atoms with Crippen LogP contribution in [0.4, 0.5) is 0 Å².